The van der Waals surface area contributed by atoms with Gasteiger partial charge >= 0.3 is 5.97 Å². The summed E-state index contributed by atoms with van der Waals surface area (Å²) in [6.45, 7) is -1.02. The molecule has 128 valence electrons. The third kappa shape index (κ3) is 3.77. The summed E-state index contributed by atoms with van der Waals surface area (Å²) in [6, 6.07) is 5.82. The molecule has 0 heterocycles. The molecule has 0 aliphatic carbocycles. The van der Waals surface area contributed by atoms with Gasteiger partial charge in [0.1, 0.15) is 11.4 Å². The zero-order valence-corrected chi connectivity index (χ0v) is 14.0. The number of carboxylic acids is 1. The van der Waals surface area contributed by atoms with Crippen LogP contribution in [0.2, 0.25) is 10.0 Å². The van der Waals surface area contributed by atoms with Gasteiger partial charge in [0.15, 0.2) is 11.6 Å². The first-order chi connectivity index (χ1) is 11.1. The van der Waals surface area contributed by atoms with Crippen molar-refractivity contribution in [2.24, 2.45) is 0 Å². The second-order valence-corrected chi connectivity index (χ2v) is 7.25. The van der Waals surface area contributed by atoms with E-state index in [0.717, 1.165) is 12.1 Å². The molecular formula is C14H9Cl2F2NO4S. The van der Waals surface area contributed by atoms with Crippen molar-refractivity contribution in [2.45, 2.75) is 4.90 Å². The molecule has 0 unspecified atom stereocenters. The Bertz CT molecular complexity index is 906. The van der Waals surface area contributed by atoms with Crippen molar-refractivity contribution in [2.75, 3.05) is 10.8 Å². The molecule has 0 radical (unpaired) electrons. The lowest BCUT2D eigenvalue weighted by molar-refractivity contribution is -0.135. The molecule has 2 aromatic rings. The molecule has 0 aliphatic heterocycles. The highest BCUT2D eigenvalue weighted by molar-refractivity contribution is 7.93. The van der Waals surface area contributed by atoms with E-state index in [0.29, 0.717) is 16.4 Å². The summed E-state index contributed by atoms with van der Waals surface area (Å²) in [5.41, 5.74) is -0.368. The normalized spacial score (nSPS) is 11.3. The maximum atomic E-state index is 13.4. The summed E-state index contributed by atoms with van der Waals surface area (Å²) in [4.78, 5) is 10.6. The van der Waals surface area contributed by atoms with Gasteiger partial charge in [0, 0.05) is 11.1 Å². The number of nitrogens with zero attached hydrogens (tertiary/aromatic N) is 1. The predicted octanol–water partition coefficient (Wildman–Crippen LogP) is 3.55. The van der Waals surface area contributed by atoms with E-state index in [1.807, 2.05) is 0 Å². The number of sulfonamides is 1. The number of carbonyl (C=O) groups is 1. The minimum absolute atomic E-state index is 0.0542. The van der Waals surface area contributed by atoms with Crippen LogP contribution in [0.5, 0.6) is 0 Å². The van der Waals surface area contributed by atoms with Gasteiger partial charge in [0.25, 0.3) is 10.0 Å². The van der Waals surface area contributed by atoms with Crippen molar-refractivity contribution >= 4 is 44.9 Å². The quantitative estimate of drug-likeness (QED) is 0.839. The Hall–Kier alpha value is -1.90. The number of carboxylic acid groups (broad SMARTS) is 1. The maximum absolute atomic E-state index is 13.4. The lowest BCUT2D eigenvalue weighted by atomic mass is 10.3. The molecule has 0 aliphatic rings. The molecule has 0 saturated carbocycles. The van der Waals surface area contributed by atoms with E-state index < -0.39 is 39.1 Å². The van der Waals surface area contributed by atoms with Crippen LogP contribution in [0.3, 0.4) is 0 Å². The lowest BCUT2D eigenvalue weighted by Gasteiger charge is -2.23. The van der Waals surface area contributed by atoms with Gasteiger partial charge in [-0.05, 0) is 30.3 Å². The average Bonchev–Trinajstić information content (AvgIpc) is 2.50. The Balaban J connectivity index is 2.64. The first kappa shape index (κ1) is 18.4. The monoisotopic (exact) mass is 395 g/mol. The van der Waals surface area contributed by atoms with Gasteiger partial charge in [-0.3, -0.25) is 9.10 Å². The van der Waals surface area contributed by atoms with Crippen LogP contribution in [0.1, 0.15) is 0 Å². The SMILES string of the molecule is O=C(O)CN(c1ccc(F)c(F)c1)S(=O)(=O)c1cc(Cl)ccc1Cl. The Morgan fingerprint density at radius 3 is 2.33 bits per heavy atom. The van der Waals surface area contributed by atoms with Crippen LogP contribution in [0.4, 0.5) is 14.5 Å². The first-order valence-electron chi connectivity index (χ1n) is 6.27. The highest BCUT2D eigenvalue weighted by atomic mass is 35.5. The van der Waals surface area contributed by atoms with E-state index in [-0.39, 0.29) is 15.7 Å². The summed E-state index contributed by atoms with van der Waals surface area (Å²) in [5.74, 6) is -4.02. The third-order valence-corrected chi connectivity index (χ3v) is 5.42. The average molecular weight is 396 g/mol. The zero-order chi connectivity index (χ0) is 18.1. The second-order valence-electron chi connectivity index (χ2n) is 4.58. The van der Waals surface area contributed by atoms with Gasteiger partial charge in [-0.15, -0.1) is 0 Å². The zero-order valence-electron chi connectivity index (χ0n) is 11.7. The molecule has 0 spiro atoms. The number of aliphatic carboxylic acids is 1. The molecule has 0 saturated heterocycles. The number of hydrogen-bond donors (Lipinski definition) is 1. The Kier molecular flexibility index (Phi) is 5.32. The van der Waals surface area contributed by atoms with Crippen LogP contribution in [0.15, 0.2) is 41.3 Å². The summed E-state index contributed by atoms with van der Waals surface area (Å²) in [5, 5.41) is 8.83. The Morgan fingerprint density at radius 1 is 1.08 bits per heavy atom. The van der Waals surface area contributed by atoms with E-state index >= 15 is 0 Å². The number of benzene rings is 2. The molecule has 2 rings (SSSR count). The molecule has 0 atom stereocenters. The van der Waals surface area contributed by atoms with Crippen molar-refractivity contribution in [3.63, 3.8) is 0 Å². The van der Waals surface area contributed by atoms with Crippen LogP contribution >= 0.6 is 23.2 Å². The van der Waals surface area contributed by atoms with Gasteiger partial charge in [-0.25, -0.2) is 17.2 Å². The second kappa shape index (κ2) is 6.92. The van der Waals surface area contributed by atoms with Gasteiger partial charge in [0.05, 0.1) is 10.7 Å². The molecule has 24 heavy (non-hydrogen) atoms. The number of halogens is 4. The maximum Gasteiger partial charge on any atom is 0.324 e. The minimum Gasteiger partial charge on any atom is -0.480 e. The highest BCUT2D eigenvalue weighted by Gasteiger charge is 2.30. The Labute approximate surface area is 146 Å². The van der Waals surface area contributed by atoms with Gasteiger partial charge in [0.2, 0.25) is 0 Å². The van der Waals surface area contributed by atoms with Crippen LogP contribution in [-0.2, 0) is 14.8 Å². The molecule has 0 bridgehead atoms. The van der Waals surface area contributed by atoms with Gasteiger partial charge < -0.3 is 5.11 Å². The lowest BCUT2D eigenvalue weighted by Crippen LogP contribution is -2.36. The van der Waals surface area contributed by atoms with Crippen molar-refractivity contribution in [1.82, 2.24) is 0 Å². The summed E-state index contributed by atoms with van der Waals surface area (Å²) in [6.07, 6.45) is 0. The van der Waals surface area contributed by atoms with Crippen LogP contribution < -0.4 is 4.31 Å². The molecular weight excluding hydrogens is 387 g/mol. The van der Waals surface area contributed by atoms with Crippen molar-refractivity contribution in [3.05, 3.63) is 58.1 Å². The van der Waals surface area contributed by atoms with E-state index in [9.17, 15) is 22.0 Å². The van der Waals surface area contributed by atoms with Crippen LogP contribution in [0.25, 0.3) is 0 Å². The predicted molar refractivity (Wildman–Crippen MR) is 85.0 cm³/mol. The minimum atomic E-state index is -4.48. The molecule has 10 heteroatoms. The van der Waals surface area contributed by atoms with E-state index in [1.165, 1.54) is 12.1 Å². The van der Waals surface area contributed by atoms with Crippen LogP contribution in [0, 0.1) is 11.6 Å². The first-order valence-corrected chi connectivity index (χ1v) is 8.47. The molecule has 2 aromatic carbocycles. The van der Waals surface area contributed by atoms with Crippen molar-refractivity contribution in [1.29, 1.82) is 0 Å². The van der Waals surface area contributed by atoms with Gasteiger partial charge in [-0.2, -0.15) is 0 Å². The molecule has 0 fully saturated rings. The Morgan fingerprint density at radius 2 is 1.75 bits per heavy atom. The summed E-state index contributed by atoms with van der Waals surface area (Å²) in [7, 11) is -4.48. The molecule has 0 amide bonds. The number of anilines is 1. The van der Waals surface area contributed by atoms with E-state index in [2.05, 4.69) is 0 Å². The highest BCUT2D eigenvalue weighted by Crippen LogP contribution is 2.31. The molecule has 0 aromatic heterocycles. The third-order valence-electron chi connectivity index (χ3n) is 2.93. The van der Waals surface area contributed by atoms with Crippen molar-refractivity contribution < 1.29 is 27.1 Å². The fraction of sp³-hybridized carbons (Fsp3) is 0.0714. The summed E-state index contributed by atoms with van der Waals surface area (Å²) < 4.78 is 52.4. The smallest absolute Gasteiger partial charge is 0.324 e. The number of hydrogen-bond acceptors (Lipinski definition) is 3. The molecule has 1 N–H and O–H groups in total. The number of rotatable bonds is 5. The standard InChI is InChI=1S/C14H9Cl2F2NO4S/c15-8-1-3-10(16)13(5-8)24(22,23)19(7-14(20)21)9-2-4-11(17)12(18)6-9/h1-6H,7H2,(H,20,21). The van der Waals surface area contributed by atoms with Gasteiger partial charge in [-0.1, -0.05) is 23.2 Å². The topological polar surface area (TPSA) is 74.7 Å². The largest absolute Gasteiger partial charge is 0.480 e. The fourth-order valence-electron chi connectivity index (χ4n) is 1.87. The van der Waals surface area contributed by atoms with Crippen molar-refractivity contribution in [3.8, 4) is 0 Å². The van der Waals surface area contributed by atoms with Crippen LogP contribution in [-0.4, -0.2) is 26.0 Å². The fourth-order valence-corrected chi connectivity index (χ4v) is 4.02. The molecule has 5 nitrogen and oxygen atoms in total. The van der Waals surface area contributed by atoms with E-state index in [1.54, 1.807) is 0 Å². The summed E-state index contributed by atoms with van der Waals surface area (Å²) >= 11 is 11.6. The van der Waals surface area contributed by atoms with E-state index in [4.69, 9.17) is 28.3 Å².